The predicted octanol–water partition coefficient (Wildman–Crippen LogP) is 4.83. The van der Waals surface area contributed by atoms with Gasteiger partial charge in [0.15, 0.2) is 0 Å². The molecule has 1 aliphatic rings. The van der Waals surface area contributed by atoms with Gasteiger partial charge in [0.2, 0.25) is 0 Å². The predicted molar refractivity (Wildman–Crippen MR) is 69.7 cm³/mol. The van der Waals surface area contributed by atoms with Gasteiger partial charge in [-0.3, -0.25) is 0 Å². The fourth-order valence-electron chi connectivity index (χ4n) is 2.47. The van der Waals surface area contributed by atoms with Gasteiger partial charge in [0.1, 0.15) is 5.82 Å². The zero-order valence-electron chi connectivity index (χ0n) is 9.22. The Morgan fingerprint density at radius 1 is 1.44 bits per heavy atom. The first kappa shape index (κ1) is 12.4. The molecule has 3 atom stereocenters. The minimum Gasteiger partial charge on any atom is -0.205 e. The summed E-state index contributed by atoms with van der Waals surface area (Å²) in [5.41, 5.74) is 0.945. The van der Waals surface area contributed by atoms with E-state index >= 15 is 0 Å². The molecule has 0 heterocycles. The lowest BCUT2D eigenvalue weighted by Gasteiger charge is -2.18. The van der Waals surface area contributed by atoms with Gasteiger partial charge >= 0.3 is 0 Å². The van der Waals surface area contributed by atoms with Gasteiger partial charge in [0, 0.05) is 4.83 Å². The zero-order valence-corrected chi connectivity index (χ0v) is 11.6. The van der Waals surface area contributed by atoms with Gasteiger partial charge in [-0.2, -0.15) is 0 Å². The SMILES string of the molecule is CC1C(Br)CCC1Cc1cccc(F)c1Cl. The van der Waals surface area contributed by atoms with E-state index < -0.39 is 0 Å². The third-order valence-electron chi connectivity index (χ3n) is 3.64. The number of halogens is 3. The molecule has 1 aliphatic carbocycles. The summed E-state index contributed by atoms with van der Waals surface area (Å²) < 4.78 is 13.3. The fourth-order valence-corrected chi connectivity index (χ4v) is 3.37. The van der Waals surface area contributed by atoms with Crippen LogP contribution in [0.4, 0.5) is 4.39 Å². The highest BCUT2D eigenvalue weighted by Gasteiger charge is 2.31. The van der Waals surface area contributed by atoms with Crippen LogP contribution in [0.1, 0.15) is 25.3 Å². The van der Waals surface area contributed by atoms with Gasteiger partial charge < -0.3 is 0 Å². The second-order valence-electron chi connectivity index (χ2n) is 4.63. The van der Waals surface area contributed by atoms with E-state index in [0.29, 0.717) is 21.7 Å². The molecule has 1 saturated carbocycles. The van der Waals surface area contributed by atoms with Crippen molar-refractivity contribution < 1.29 is 4.39 Å². The maximum atomic E-state index is 13.3. The van der Waals surface area contributed by atoms with Crippen LogP contribution >= 0.6 is 27.5 Å². The summed E-state index contributed by atoms with van der Waals surface area (Å²) >= 11 is 9.65. The summed E-state index contributed by atoms with van der Waals surface area (Å²) in [6.07, 6.45) is 3.29. The maximum Gasteiger partial charge on any atom is 0.142 e. The van der Waals surface area contributed by atoms with Crippen LogP contribution in [-0.4, -0.2) is 4.83 Å². The van der Waals surface area contributed by atoms with Crippen LogP contribution in [0, 0.1) is 17.7 Å². The Morgan fingerprint density at radius 3 is 2.81 bits per heavy atom. The maximum absolute atomic E-state index is 13.3. The first-order valence-electron chi connectivity index (χ1n) is 5.66. The highest BCUT2D eigenvalue weighted by Crippen LogP contribution is 2.39. The van der Waals surface area contributed by atoms with Gasteiger partial charge in [-0.05, 0) is 42.7 Å². The number of alkyl halides is 1. The van der Waals surface area contributed by atoms with Crippen molar-refractivity contribution in [3.8, 4) is 0 Å². The molecule has 0 radical (unpaired) electrons. The molecule has 1 aromatic carbocycles. The van der Waals surface area contributed by atoms with Crippen LogP contribution in [0.5, 0.6) is 0 Å². The average molecular weight is 306 g/mol. The minimum absolute atomic E-state index is 0.299. The third kappa shape index (κ3) is 2.43. The number of benzene rings is 1. The van der Waals surface area contributed by atoms with E-state index in [2.05, 4.69) is 22.9 Å². The van der Waals surface area contributed by atoms with Crippen molar-refractivity contribution in [3.63, 3.8) is 0 Å². The van der Waals surface area contributed by atoms with E-state index in [9.17, 15) is 4.39 Å². The molecule has 1 aromatic rings. The number of rotatable bonds is 2. The van der Waals surface area contributed by atoms with Crippen LogP contribution in [-0.2, 0) is 6.42 Å². The largest absolute Gasteiger partial charge is 0.205 e. The molecule has 0 saturated heterocycles. The van der Waals surface area contributed by atoms with Crippen molar-refractivity contribution in [2.45, 2.75) is 31.0 Å². The highest BCUT2D eigenvalue weighted by molar-refractivity contribution is 9.09. The van der Waals surface area contributed by atoms with Crippen molar-refractivity contribution >= 4 is 27.5 Å². The lowest BCUT2D eigenvalue weighted by molar-refractivity contribution is 0.423. The zero-order chi connectivity index (χ0) is 11.7. The number of hydrogen-bond donors (Lipinski definition) is 0. The molecule has 2 rings (SSSR count). The molecular weight excluding hydrogens is 290 g/mol. The Morgan fingerprint density at radius 2 is 2.19 bits per heavy atom. The van der Waals surface area contributed by atoms with Crippen LogP contribution in [0.15, 0.2) is 18.2 Å². The van der Waals surface area contributed by atoms with Gasteiger partial charge in [-0.15, -0.1) is 0 Å². The third-order valence-corrected chi connectivity index (χ3v) is 5.36. The smallest absolute Gasteiger partial charge is 0.142 e. The molecule has 3 heteroatoms. The van der Waals surface area contributed by atoms with Crippen molar-refractivity contribution in [2.24, 2.45) is 11.8 Å². The fraction of sp³-hybridized carbons (Fsp3) is 0.538. The van der Waals surface area contributed by atoms with Crippen LogP contribution in [0.3, 0.4) is 0 Å². The summed E-state index contributed by atoms with van der Waals surface area (Å²) in [4.78, 5) is 0.602. The van der Waals surface area contributed by atoms with E-state index in [1.165, 1.54) is 18.9 Å². The van der Waals surface area contributed by atoms with Gasteiger partial charge in [-0.25, -0.2) is 4.39 Å². The van der Waals surface area contributed by atoms with Crippen molar-refractivity contribution in [1.82, 2.24) is 0 Å². The molecule has 3 unspecified atom stereocenters. The Labute approximate surface area is 109 Å². The van der Waals surface area contributed by atoms with E-state index in [4.69, 9.17) is 11.6 Å². The standard InChI is InChI=1S/C13H15BrClF/c1-8-9(5-6-11(8)14)7-10-3-2-4-12(16)13(10)15/h2-4,8-9,11H,5-7H2,1H3. The summed E-state index contributed by atoms with van der Waals surface area (Å²) in [7, 11) is 0. The Kier molecular flexibility index (Phi) is 3.91. The van der Waals surface area contributed by atoms with Crippen molar-refractivity contribution in [2.75, 3.05) is 0 Å². The van der Waals surface area contributed by atoms with Crippen molar-refractivity contribution in [3.05, 3.63) is 34.6 Å². The molecule has 0 N–H and O–H groups in total. The lowest BCUT2D eigenvalue weighted by atomic mass is 9.91. The average Bonchev–Trinajstić information content (AvgIpc) is 2.57. The topological polar surface area (TPSA) is 0 Å². The Balaban J connectivity index is 2.12. The van der Waals surface area contributed by atoms with Crippen LogP contribution < -0.4 is 0 Å². The van der Waals surface area contributed by atoms with Crippen LogP contribution in [0.2, 0.25) is 5.02 Å². The molecule has 0 bridgehead atoms. The second-order valence-corrected chi connectivity index (χ2v) is 6.18. The Bertz CT molecular complexity index is 380. The van der Waals surface area contributed by atoms with Crippen LogP contribution in [0.25, 0.3) is 0 Å². The van der Waals surface area contributed by atoms with Gasteiger partial charge in [-0.1, -0.05) is 46.6 Å². The minimum atomic E-state index is -0.305. The summed E-state index contributed by atoms with van der Waals surface area (Å²) in [6, 6.07) is 5.08. The summed E-state index contributed by atoms with van der Waals surface area (Å²) in [5, 5.41) is 0.299. The molecule has 1 fully saturated rings. The molecule has 0 aliphatic heterocycles. The highest BCUT2D eigenvalue weighted by atomic mass is 79.9. The molecule has 0 nitrogen and oxygen atoms in total. The Hall–Kier alpha value is -0.0800. The molecule has 16 heavy (non-hydrogen) atoms. The van der Waals surface area contributed by atoms with Gasteiger partial charge in [0.25, 0.3) is 0 Å². The summed E-state index contributed by atoms with van der Waals surface area (Å²) in [5.74, 6) is 0.947. The normalized spacial score (nSPS) is 29.6. The van der Waals surface area contributed by atoms with E-state index in [1.54, 1.807) is 6.07 Å². The molecule has 0 spiro atoms. The molecule has 0 amide bonds. The lowest BCUT2D eigenvalue weighted by Crippen LogP contribution is -2.13. The van der Waals surface area contributed by atoms with Crippen molar-refractivity contribution in [1.29, 1.82) is 0 Å². The van der Waals surface area contributed by atoms with E-state index in [1.807, 2.05) is 6.07 Å². The number of hydrogen-bond acceptors (Lipinski definition) is 0. The quantitative estimate of drug-likeness (QED) is 0.686. The summed E-state index contributed by atoms with van der Waals surface area (Å²) in [6.45, 7) is 2.25. The first-order chi connectivity index (χ1) is 7.59. The monoisotopic (exact) mass is 304 g/mol. The molecule has 0 aromatic heterocycles. The van der Waals surface area contributed by atoms with E-state index in [0.717, 1.165) is 12.0 Å². The second kappa shape index (κ2) is 5.05. The molecule has 88 valence electrons. The molecular formula is C13H15BrClF. The first-order valence-corrected chi connectivity index (χ1v) is 6.96. The van der Waals surface area contributed by atoms with Gasteiger partial charge in [0.05, 0.1) is 5.02 Å². The van der Waals surface area contributed by atoms with E-state index in [-0.39, 0.29) is 5.82 Å².